The molecule has 0 aliphatic carbocycles. The molecule has 26 heavy (non-hydrogen) atoms. The minimum atomic E-state index is -4.06. The first-order valence-electron chi connectivity index (χ1n) is 8.04. The van der Waals surface area contributed by atoms with Crippen LogP contribution < -0.4 is 0 Å². The van der Waals surface area contributed by atoms with Gasteiger partial charge in [-0.25, -0.2) is 8.42 Å². The van der Waals surface area contributed by atoms with E-state index in [0.717, 1.165) is 4.31 Å². The van der Waals surface area contributed by atoms with Crippen LogP contribution in [0.15, 0.2) is 65.2 Å². The lowest BCUT2D eigenvalue weighted by Gasteiger charge is -2.30. The van der Waals surface area contributed by atoms with E-state index < -0.39 is 28.3 Å². The van der Waals surface area contributed by atoms with Crippen LogP contribution in [0.4, 0.5) is 0 Å². The molecule has 0 fully saturated rings. The molecule has 0 bridgehead atoms. The Morgan fingerprint density at radius 2 is 1.73 bits per heavy atom. The van der Waals surface area contributed by atoms with E-state index in [2.05, 4.69) is 0 Å². The molecule has 0 atom stereocenters. The maximum atomic E-state index is 13.0. The molecule has 0 aromatic heterocycles. The largest absolute Gasteiger partial charge is 0.465 e. The van der Waals surface area contributed by atoms with Gasteiger partial charge in [-0.1, -0.05) is 42.5 Å². The molecule has 1 aliphatic rings. The summed E-state index contributed by atoms with van der Waals surface area (Å²) in [5.41, 5.74) is 0.664. The van der Waals surface area contributed by atoms with Crippen molar-refractivity contribution in [3.63, 3.8) is 0 Å². The maximum Gasteiger partial charge on any atom is 0.326 e. The van der Waals surface area contributed by atoms with Crippen molar-refractivity contribution in [2.24, 2.45) is 0 Å². The number of benzene rings is 2. The molecule has 0 spiro atoms. The van der Waals surface area contributed by atoms with Gasteiger partial charge >= 0.3 is 5.97 Å². The fourth-order valence-corrected chi connectivity index (χ4v) is 4.31. The zero-order valence-corrected chi connectivity index (χ0v) is 14.9. The number of esters is 1. The van der Waals surface area contributed by atoms with Gasteiger partial charge in [0.05, 0.1) is 11.5 Å². The van der Waals surface area contributed by atoms with Crippen molar-refractivity contribution in [2.45, 2.75) is 11.8 Å². The average molecular weight is 371 g/mol. The fourth-order valence-electron chi connectivity index (χ4n) is 2.72. The van der Waals surface area contributed by atoms with Crippen molar-refractivity contribution < 1.29 is 22.7 Å². The van der Waals surface area contributed by atoms with E-state index in [1.165, 1.54) is 24.3 Å². The fraction of sp³-hybridized carbons (Fsp3) is 0.158. The molecule has 0 N–H and O–H groups in total. The topological polar surface area (TPSA) is 80.8 Å². The first kappa shape index (κ1) is 17.9. The Kier molecular flexibility index (Phi) is 4.90. The summed E-state index contributed by atoms with van der Waals surface area (Å²) in [5.74, 6) is -1.18. The predicted molar refractivity (Wildman–Crippen MR) is 95.7 cm³/mol. The monoisotopic (exact) mass is 371 g/mol. The van der Waals surface area contributed by atoms with Crippen molar-refractivity contribution in [3.8, 4) is 0 Å². The van der Waals surface area contributed by atoms with Crippen LogP contribution in [0.2, 0.25) is 0 Å². The van der Waals surface area contributed by atoms with Crippen LogP contribution in [0.3, 0.4) is 0 Å². The molecular formula is C19H17NO5S. The van der Waals surface area contributed by atoms with Crippen LogP contribution in [0.5, 0.6) is 0 Å². The number of nitrogens with zero attached hydrogens (tertiary/aromatic N) is 1. The molecular weight excluding hydrogens is 354 g/mol. The van der Waals surface area contributed by atoms with Gasteiger partial charge < -0.3 is 4.74 Å². The third kappa shape index (κ3) is 3.25. The first-order chi connectivity index (χ1) is 12.4. The number of ketones is 1. The van der Waals surface area contributed by atoms with Crippen molar-refractivity contribution >= 4 is 27.9 Å². The van der Waals surface area contributed by atoms with Gasteiger partial charge in [-0.05, 0) is 30.7 Å². The molecule has 2 aromatic rings. The van der Waals surface area contributed by atoms with Gasteiger partial charge in [-0.3, -0.25) is 13.9 Å². The highest BCUT2D eigenvalue weighted by molar-refractivity contribution is 7.89. The average Bonchev–Trinajstić information content (AvgIpc) is 2.64. The van der Waals surface area contributed by atoms with Gasteiger partial charge in [0, 0.05) is 5.56 Å². The van der Waals surface area contributed by atoms with E-state index >= 15 is 0 Å². The number of hydrogen-bond donors (Lipinski definition) is 0. The molecule has 0 saturated carbocycles. The molecule has 134 valence electrons. The standard InChI is InChI=1S/C19H17NO5S/c1-2-25-18(21)13-20-16(12-14-8-4-3-5-9-14)19(22)15-10-6-7-11-17(15)26(20,23)24/h3-12H,2,13H2,1H3/b16-12+. The van der Waals surface area contributed by atoms with Crippen LogP contribution in [-0.2, 0) is 19.6 Å². The highest BCUT2D eigenvalue weighted by atomic mass is 32.2. The summed E-state index contributed by atoms with van der Waals surface area (Å²) in [7, 11) is -4.06. The van der Waals surface area contributed by atoms with Gasteiger partial charge in [0.25, 0.3) is 10.0 Å². The lowest BCUT2D eigenvalue weighted by Crippen LogP contribution is -2.42. The van der Waals surface area contributed by atoms with Crippen LogP contribution in [-0.4, -0.2) is 37.6 Å². The minimum absolute atomic E-state index is 0.0806. The summed E-state index contributed by atoms with van der Waals surface area (Å²) in [6, 6.07) is 14.8. The second-order valence-corrected chi connectivity index (χ2v) is 7.41. The Morgan fingerprint density at radius 3 is 2.42 bits per heavy atom. The van der Waals surface area contributed by atoms with E-state index in [9.17, 15) is 18.0 Å². The molecule has 3 rings (SSSR count). The molecule has 2 aromatic carbocycles. The summed E-state index contributed by atoms with van der Waals surface area (Å²) in [6.07, 6.45) is 1.47. The van der Waals surface area contributed by atoms with Crippen molar-refractivity contribution in [1.82, 2.24) is 4.31 Å². The van der Waals surface area contributed by atoms with Gasteiger partial charge in [-0.15, -0.1) is 0 Å². The van der Waals surface area contributed by atoms with Gasteiger partial charge in [0.2, 0.25) is 5.78 Å². The van der Waals surface area contributed by atoms with E-state index in [1.54, 1.807) is 37.3 Å². The molecule has 0 amide bonds. The van der Waals surface area contributed by atoms with E-state index in [0.29, 0.717) is 5.56 Å². The van der Waals surface area contributed by atoms with E-state index in [4.69, 9.17) is 4.74 Å². The molecule has 1 aliphatic heterocycles. The minimum Gasteiger partial charge on any atom is -0.465 e. The molecule has 1 heterocycles. The number of allylic oxidation sites excluding steroid dienone is 1. The molecule has 6 nitrogen and oxygen atoms in total. The van der Waals surface area contributed by atoms with Crippen LogP contribution in [0, 0.1) is 0 Å². The van der Waals surface area contributed by atoms with E-state index in [1.807, 2.05) is 6.07 Å². The summed E-state index contributed by atoms with van der Waals surface area (Å²) in [4.78, 5) is 24.8. The number of Topliss-reactive ketones (excluding diaryl/α,β-unsaturated/α-hetero) is 1. The number of carbonyl (C=O) groups excluding carboxylic acids is 2. The molecule has 0 saturated heterocycles. The normalized spacial score (nSPS) is 17.0. The number of sulfonamides is 1. The SMILES string of the molecule is CCOC(=O)CN1/C(=C/c2ccccc2)C(=O)c2ccccc2S1(=O)=O. The van der Waals surface area contributed by atoms with Gasteiger partial charge in [0.1, 0.15) is 12.2 Å². The van der Waals surface area contributed by atoms with E-state index in [-0.39, 0.29) is 22.8 Å². The molecule has 7 heteroatoms. The van der Waals surface area contributed by atoms with Gasteiger partial charge in [0.15, 0.2) is 0 Å². The Labute approximate surface area is 151 Å². The second-order valence-electron chi connectivity index (χ2n) is 5.58. The van der Waals surface area contributed by atoms with Gasteiger partial charge in [-0.2, -0.15) is 0 Å². The predicted octanol–water partition coefficient (Wildman–Crippen LogP) is 2.48. The highest BCUT2D eigenvalue weighted by Crippen LogP contribution is 2.33. The maximum absolute atomic E-state index is 13.0. The Hall–Kier alpha value is -2.93. The highest BCUT2D eigenvalue weighted by Gasteiger charge is 2.40. The summed E-state index contributed by atoms with van der Waals surface area (Å²) in [5, 5.41) is 0. The van der Waals surface area contributed by atoms with Crippen LogP contribution >= 0.6 is 0 Å². The Morgan fingerprint density at radius 1 is 1.08 bits per heavy atom. The van der Waals surface area contributed by atoms with Crippen LogP contribution in [0.25, 0.3) is 6.08 Å². The number of carbonyl (C=O) groups is 2. The molecule has 0 unspecified atom stereocenters. The Bertz CT molecular complexity index is 980. The zero-order valence-electron chi connectivity index (χ0n) is 14.1. The zero-order chi connectivity index (χ0) is 18.7. The van der Waals surface area contributed by atoms with Crippen molar-refractivity contribution in [1.29, 1.82) is 0 Å². The number of rotatable bonds is 4. The lowest BCUT2D eigenvalue weighted by molar-refractivity contribution is -0.142. The lowest BCUT2D eigenvalue weighted by atomic mass is 10.1. The first-order valence-corrected chi connectivity index (χ1v) is 9.48. The van der Waals surface area contributed by atoms with Crippen LogP contribution in [0.1, 0.15) is 22.8 Å². The molecule has 0 radical (unpaired) electrons. The quantitative estimate of drug-likeness (QED) is 0.609. The second kappa shape index (κ2) is 7.13. The number of fused-ring (bicyclic) bond motifs is 1. The smallest absolute Gasteiger partial charge is 0.326 e. The summed E-state index contributed by atoms with van der Waals surface area (Å²) >= 11 is 0. The summed E-state index contributed by atoms with van der Waals surface area (Å²) in [6.45, 7) is 1.19. The third-order valence-corrected chi connectivity index (χ3v) is 5.70. The van der Waals surface area contributed by atoms with Crippen molar-refractivity contribution in [3.05, 3.63) is 71.4 Å². The third-order valence-electron chi connectivity index (χ3n) is 3.88. The Balaban J connectivity index is 2.17. The summed E-state index contributed by atoms with van der Waals surface area (Å²) < 4.78 is 31.7. The van der Waals surface area contributed by atoms with Crippen molar-refractivity contribution in [2.75, 3.05) is 13.2 Å². The number of ether oxygens (including phenoxy) is 1. The number of hydrogen-bond acceptors (Lipinski definition) is 5.